The van der Waals surface area contributed by atoms with Crippen LogP contribution < -0.4 is 10.1 Å². The second kappa shape index (κ2) is 5.96. The third-order valence-corrected chi connectivity index (χ3v) is 4.17. The molecule has 0 bridgehead atoms. The molecule has 24 heavy (non-hydrogen) atoms. The van der Waals surface area contributed by atoms with Crippen molar-refractivity contribution in [2.75, 3.05) is 12.4 Å². The first-order chi connectivity index (χ1) is 11.7. The number of amides is 1. The van der Waals surface area contributed by atoms with Crippen molar-refractivity contribution in [1.82, 2.24) is 14.6 Å². The lowest BCUT2D eigenvalue weighted by Crippen LogP contribution is -2.13. The molecule has 6 nitrogen and oxygen atoms in total. The number of hydrogen-bond donors (Lipinski definition) is 1. The normalized spacial score (nSPS) is 13.9. The average Bonchev–Trinajstić information content (AvgIpc) is 3.31. The molecule has 0 spiro atoms. The summed E-state index contributed by atoms with van der Waals surface area (Å²) in [5.74, 6) is 1.68. The molecule has 0 radical (unpaired) electrons. The van der Waals surface area contributed by atoms with Crippen LogP contribution in [0.2, 0.25) is 0 Å². The van der Waals surface area contributed by atoms with E-state index in [-0.39, 0.29) is 5.91 Å². The number of methoxy groups -OCH3 is 1. The number of nitrogens with one attached hydrogen (secondary N) is 1. The van der Waals surface area contributed by atoms with E-state index in [0.29, 0.717) is 23.9 Å². The fraction of sp³-hybridized carbons (Fsp3) is 0.278. The topological polar surface area (TPSA) is 68.5 Å². The molecule has 0 unspecified atom stereocenters. The number of hydrogen-bond acceptors (Lipinski definition) is 4. The van der Waals surface area contributed by atoms with Gasteiger partial charge >= 0.3 is 0 Å². The maximum atomic E-state index is 12.0. The van der Waals surface area contributed by atoms with Gasteiger partial charge in [0, 0.05) is 12.0 Å². The minimum absolute atomic E-state index is 0.0144. The van der Waals surface area contributed by atoms with Gasteiger partial charge in [-0.05, 0) is 55.2 Å². The number of carbonyl (C=O) groups is 1. The van der Waals surface area contributed by atoms with E-state index in [2.05, 4.69) is 15.4 Å². The van der Waals surface area contributed by atoms with Crippen LogP contribution in [0.5, 0.6) is 5.75 Å². The van der Waals surface area contributed by atoms with Gasteiger partial charge in [0.25, 0.3) is 0 Å². The van der Waals surface area contributed by atoms with Gasteiger partial charge in [0.2, 0.25) is 11.9 Å². The molecule has 1 N–H and O–H groups in total. The molecule has 122 valence electrons. The highest BCUT2D eigenvalue weighted by Crippen LogP contribution is 2.32. The quantitative estimate of drug-likeness (QED) is 0.783. The third-order valence-electron chi connectivity index (χ3n) is 4.17. The van der Waals surface area contributed by atoms with Crippen molar-refractivity contribution in [3.63, 3.8) is 0 Å². The Balaban J connectivity index is 1.64. The van der Waals surface area contributed by atoms with Crippen molar-refractivity contribution >= 4 is 17.5 Å². The van der Waals surface area contributed by atoms with Crippen molar-refractivity contribution < 1.29 is 9.53 Å². The summed E-state index contributed by atoms with van der Waals surface area (Å²) >= 11 is 0. The molecule has 0 saturated heterocycles. The maximum absolute atomic E-state index is 12.0. The first-order valence-electron chi connectivity index (χ1n) is 8.03. The smallest absolute Gasteiger partial charge is 0.249 e. The minimum Gasteiger partial charge on any atom is -0.497 e. The molecule has 0 aliphatic heterocycles. The summed E-state index contributed by atoms with van der Waals surface area (Å²) in [6.07, 6.45) is 2.85. The van der Waals surface area contributed by atoms with Gasteiger partial charge in [-0.25, -0.2) is 4.52 Å². The molecular formula is C18H18N4O2. The predicted molar refractivity (Wildman–Crippen MR) is 90.9 cm³/mol. The SMILES string of the molecule is COc1ccc(-c2cccc3nc(NC(=O)CC4CC4)nn23)cc1. The number of nitrogens with zero attached hydrogens (tertiary/aromatic N) is 3. The van der Waals surface area contributed by atoms with Crippen molar-refractivity contribution in [1.29, 1.82) is 0 Å². The van der Waals surface area contributed by atoms with E-state index in [1.54, 1.807) is 11.6 Å². The van der Waals surface area contributed by atoms with Crippen LogP contribution in [-0.4, -0.2) is 27.6 Å². The molecule has 1 fully saturated rings. The summed E-state index contributed by atoms with van der Waals surface area (Å²) in [5.41, 5.74) is 2.61. The number of carbonyl (C=O) groups excluding carboxylic acids is 1. The van der Waals surface area contributed by atoms with E-state index < -0.39 is 0 Å². The molecule has 4 rings (SSSR count). The highest BCUT2D eigenvalue weighted by molar-refractivity contribution is 5.89. The largest absolute Gasteiger partial charge is 0.497 e. The minimum atomic E-state index is -0.0144. The van der Waals surface area contributed by atoms with Crippen molar-refractivity contribution in [2.45, 2.75) is 19.3 Å². The molecule has 2 aromatic heterocycles. The lowest BCUT2D eigenvalue weighted by Gasteiger charge is -2.05. The van der Waals surface area contributed by atoms with Crippen molar-refractivity contribution in [3.8, 4) is 17.0 Å². The number of ether oxygens (including phenoxy) is 1. The van der Waals surface area contributed by atoms with Gasteiger partial charge in [-0.15, -0.1) is 5.10 Å². The number of aromatic nitrogens is 3. The van der Waals surface area contributed by atoms with Gasteiger partial charge in [-0.3, -0.25) is 10.1 Å². The molecule has 1 aliphatic carbocycles. The van der Waals surface area contributed by atoms with Crippen LogP contribution in [0.4, 0.5) is 5.95 Å². The van der Waals surface area contributed by atoms with Crippen LogP contribution in [0, 0.1) is 5.92 Å². The van der Waals surface area contributed by atoms with Crippen LogP contribution in [0.3, 0.4) is 0 Å². The Kier molecular flexibility index (Phi) is 3.65. The van der Waals surface area contributed by atoms with Gasteiger partial charge in [-0.2, -0.15) is 4.98 Å². The zero-order valence-corrected chi connectivity index (χ0v) is 13.4. The summed E-state index contributed by atoms with van der Waals surface area (Å²) in [4.78, 5) is 16.3. The monoisotopic (exact) mass is 322 g/mol. The molecule has 1 aliphatic rings. The predicted octanol–water partition coefficient (Wildman–Crippen LogP) is 3.14. The lowest BCUT2D eigenvalue weighted by molar-refractivity contribution is -0.116. The third kappa shape index (κ3) is 2.95. The highest BCUT2D eigenvalue weighted by Gasteiger charge is 2.24. The summed E-state index contributed by atoms with van der Waals surface area (Å²) in [7, 11) is 1.64. The van der Waals surface area contributed by atoms with Crippen molar-refractivity contribution in [3.05, 3.63) is 42.5 Å². The van der Waals surface area contributed by atoms with Gasteiger partial charge in [0.05, 0.1) is 12.8 Å². The molecular weight excluding hydrogens is 304 g/mol. The first kappa shape index (κ1) is 14.7. The van der Waals surface area contributed by atoms with Crippen LogP contribution in [0.25, 0.3) is 16.9 Å². The standard InChI is InChI=1S/C18H18N4O2/c1-24-14-9-7-13(8-10-14)15-3-2-4-16-19-18(21-22(15)16)20-17(23)11-12-5-6-12/h2-4,7-10,12H,5-6,11H2,1H3,(H,20,21,23). The van der Waals surface area contributed by atoms with Gasteiger partial charge < -0.3 is 4.74 Å². The highest BCUT2D eigenvalue weighted by atomic mass is 16.5. The second-order valence-corrected chi connectivity index (χ2v) is 6.04. The number of benzene rings is 1. The van der Waals surface area contributed by atoms with E-state index in [4.69, 9.17) is 4.74 Å². The number of anilines is 1. The number of rotatable bonds is 5. The Labute approximate surface area is 139 Å². The molecule has 0 atom stereocenters. The van der Waals surface area contributed by atoms with E-state index in [0.717, 1.165) is 29.8 Å². The first-order valence-corrected chi connectivity index (χ1v) is 8.03. The molecule has 2 heterocycles. The number of fused-ring (bicyclic) bond motifs is 1. The molecule has 3 aromatic rings. The van der Waals surface area contributed by atoms with Crippen LogP contribution in [0.15, 0.2) is 42.5 Å². The Hall–Kier alpha value is -2.89. The summed E-state index contributed by atoms with van der Waals surface area (Å²) in [6.45, 7) is 0. The van der Waals surface area contributed by atoms with E-state index in [9.17, 15) is 4.79 Å². The van der Waals surface area contributed by atoms with E-state index in [1.165, 1.54) is 0 Å². The van der Waals surface area contributed by atoms with Gasteiger partial charge in [-0.1, -0.05) is 6.07 Å². The molecule has 6 heteroatoms. The molecule has 1 aromatic carbocycles. The Bertz CT molecular complexity index is 882. The summed E-state index contributed by atoms with van der Waals surface area (Å²) < 4.78 is 6.94. The fourth-order valence-electron chi connectivity index (χ4n) is 2.70. The van der Waals surface area contributed by atoms with Crippen molar-refractivity contribution in [2.24, 2.45) is 5.92 Å². The van der Waals surface area contributed by atoms with Crippen LogP contribution >= 0.6 is 0 Å². The Morgan fingerprint density at radius 3 is 2.75 bits per heavy atom. The lowest BCUT2D eigenvalue weighted by atomic mass is 10.1. The summed E-state index contributed by atoms with van der Waals surface area (Å²) in [5, 5.41) is 7.24. The van der Waals surface area contributed by atoms with Crippen LogP contribution in [-0.2, 0) is 4.79 Å². The zero-order chi connectivity index (χ0) is 16.5. The zero-order valence-electron chi connectivity index (χ0n) is 13.4. The van der Waals surface area contributed by atoms with E-state index >= 15 is 0 Å². The van der Waals surface area contributed by atoms with Gasteiger partial charge in [0.15, 0.2) is 5.65 Å². The average molecular weight is 322 g/mol. The van der Waals surface area contributed by atoms with E-state index in [1.807, 2.05) is 42.5 Å². The van der Waals surface area contributed by atoms with Gasteiger partial charge in [0.1, 0.15) is 5.75 Å². The molecule has 1 amide bonds. The Morgan fingerprint density at radius 1 is 1.25 bits per heavy atom. The fourth-order valence-corrected chi connectivity index (χ4v) is 2.70. The number of pyridine rings is 1. The Morgan fingerprint density at radius 2 is 2.04 bits per heavy atom. The maximum Gasteiger partial charge on any atom is 0.249 e. The molecule has 1 saturated carbocycles. The van der Waals surface area contributed by atoms with Crippen LogP contribution in [0.1, 0.15) is 19.3 Å². The summed E-state index contributed by atoms with van der Waals surface area (Å²) in [6, 6.07) is 13.5. The second-order valence-electron chi connectivity index (χ2n) is 6.04.